The summed E-state index contributed by atoms with van der Waals surface area (Å²) in [6.07, 6.45) is -2.97. The number of nitrogens with one attached hydrogen (secondary N) is 1. The van der Waals surface area contributed by atoms with Crippen LogP contribution in [0.4, 0.5) is 24.7 Å². The molecule has 2 aromatic rings. The Morgan fingerprint density at radius 3 is 2.61 bits per heavy atom. The van der Waals surface area contributed by atoms with Crippen molar-refractivity contribution >= 4 is 17.4 Å². The van der Waals surface area contributed by atoms with Crippen LogP contribution in [0.2, 0.25) is 0 Å². The number of nitrogens with zero attached hydrogens (tertiary/aromatic N) is 4. The van der Waals surface area contributed by atoms with Crippen molar-refractivity contribution in [3.63, 3.8) is 0 Å². The summed E-state index contributed by atoms with van der Waals surface area (Å²) in [6, 6.07) is 3.70. The van der Waals surface area contributed by atoms with Gasteiger partial charge in [0.1, 0.15) is 5.75 Å². The summed E-state index contributed by atoms with van der Waals surface area (Å²) in [5, 5.41) is 17.0. The molecule has 2 aliphatic heterocycles. The van der Waals surface area contributed by atoms with Crippen molar-refractivity contribution in [1.29, 1.82) is 0 Å². The Hall–Kier alpha value is -3.37. The third-order valence-corrected chi connectivity index (χ3v) is 5.49. The SMILES string of the molecule is C=CC(=O)N1CCN(c2n[nH]c3c2CCN(c2ccc(O)cc2OC(F)(F)F)C3)CC1. The van der Waals surface area contributed by atoms with Crippen molar-refractivity contribution in [2.75, 3.05) is 42.5 Å². The Balaban J connectivity index is 1.50. The Morgan fingerprint density at radius 1 is 1.19 bits per heavy atom. The number of phenols is 1. The Morgan fingerprint density at radius 2 is 1.94 bits per heavy atom. The van der Waals surface area contributed by atoms with E-state index in [0.29, 0.717) is 45.7 Å². The molecule has 0 unspecified atom stereocenters. The normalized spacial score (nSPS) is 16.8. The van der Waals surface area contributed by atoms with Crippen LogP contribution in [0.3, 0.4) is 0 Å². The molecule has 166 valence electrons. The maximum Gasteiger partial charge on any atom is 0.573 e. The number of hydrogen-bond acceptors (Lipinski definition) is 6. The molecule has 4 rings (SSSR count). The third-order valence-electron chi connectivity index (χ3n) is 5.49. The number of H-pyrrole nitrogens is 1. The van der Waals surface area contributed by atoms with Crippen LogP contribution in [-0.2, 0) is 17.8 Å². The first kappa shape index (κ1) is 20.9. The molecule has 1 saturated heterocycles. The fourth-order valence-electron chi connectivity index (χ4n) is 4.01. The van der Waals surface area contributed by atoms with Gasteiger partial charge in [-0.2, -0.15) is 5.10 Å². The van der Waals surface area contributed by atoms with Gasteiger partial charge in [0.05, 0.1) is 17.9 Å². The molecular formula is C20H22F3N5O3. The van der Waals surface area contributed by atoms with E-state index in [0.717, 1.165) is 23.1 Å². The summed E-state index contributed by atoms with van der Waals surface area (Å²) >= 11 is 0. The quantitative estimate of drug-likeness (QED) is 0.715. The lowest BCUT2D eigenvalue weighted by atomic mass is 10.0. The van der Waals surface area contributed by atoms with Crippen LogP contribution in [0.15, 0.2) is 30.9 Å². The molecule has 2 aliphatic rings. The van der Waals surface area contributed by atoms with Crippen molar-refractivity contribution in [1.82, 2.24) is 15.1 Å². The average molecular weight is 437 g/mol. The molecule has 0 aliphatic carbocycles. The monoisotopic (exact) mass is 437 g/mol. The second-order valence-corrected chi connectivity index (χ2v) is 7.39. The molecule has 0 radical (unpaired) electrons. The molecule has 0 spiro atoms. The van der Waals surface area contributed by atoms with Crippen molar-refractivity contribution in [3.05, 3.63) is 42.1 Å². The van der Waals surface area contributed by atoms with Gasteiger partial charge in [0.2, 0.25) is 5.91 Å². The first-order valence-electron chi connectivity index (χ1n) is 9.81. The minimum Gasteiger partial charge on any atom is -0.508 e. The van der Waals surface area contributed by atoms with Gasteiger partial charge in [0.25, 0.3) is 0 Å². The number of benzene rings is 1. The summed E-state index contributed by atoms with van der Waals surface area (Å²) in [5.74, 6) is -0.0275. The maximum atomic E-state index is 12.8. The lowest BCUT2D eigenvalue weighted by Crippen LogP contribution is -2.48. The highest BCUT2D eigenvalue weighted by atomic mass is 19.4. The van der Waals surface area contributed by atoms with Gasteiger partial charge in [-0.15, -0.1) is 13.2 Å². The minimum atomic E-state index is -4.86. The fraction of sp³-hybridized carbons (Fsp3) is 0.400. The lowest BCUT2D eigenvalue weighted by Gasteiger charge is -2.36. The van der Waals surface area contributed by atoms with Gasteiger partial charge in [-0.3, -0.25) is 9.89 Å². The van der Waals surface area contributed by atoms with E-state index in [1.165, 1.54) is 18.2 Å². The summed E-state index contributed by atoms with van der Waals surface area (Å²) in [6.45, 7) is 6.74. The number of fused-ring (bicyclic) bond motifs is 1. The van der Waals surface area contributed by atoms with E-state index in [1.807, 2.05) is 0 Å². The van der Waals surface area contributed by atoms with E-state index in [2.05, 4.69) is 26.4 Å². The highest BCUT2D eigenvalue weighted by molar-refractivity contribution is 5.87. The molecule has 8 nitrogen and oxygen atoms in total. The minimum absolute atomic E-state index is 0.0925. The number of aromatic hydroxyl groups is 1. The molecule has 1 fully saturated rings. The predicted octanol–water partition coefficient (Wildman–Crippen LogP) is 2.41. The number of rotatable bonds is 4. The Bertz CT molecular complexity index is 983. The number of carbonyl (C=O) groups excluding carboxylic acids is 1. The number of halogens is 3. The Labute approximate surface area is 176 Å². The number of phenolic OH excluding ortho intramolecular Hbond substituents is 1. The number of alkyl halides is 3. The van der Waals surface area contributed by atoms with E-state index in [1.54, 1.807) is 9.80 Å². The number of amides is 1. The topological polar surface area (TPSA) is 84.9 Å². The molecule has 1 amide bonds. The van der Waals surface area contributed by atoms with Gasteiger partial charge in [-0.1, -0.05) is 6.58 Å². The zero-order chi connectivity index (χ0) is 22.2. The van der Waals surface area contributed by atoms with Gasteiger partial charge in [-0.05, 0) is 24.6 Å². The molecule has 3 heterocycles. The van der Waals surface area contributed by atoms with Crippen LogP contribution in [-0.4, -0.2) is 65.2 Å². The molecule has 0 saturated carbocycles. The number of carbonyl (C=O) groups is 1. The van der Waals surface area contributed by atoms with Crippen LogP contribution in [0.1, 0.15) is 11.3 Å². The first-order valence-corrected chi connectivity index (χ1v) is 9.81. The second-order valence-electron chi connectivity index (χ2n) is 7.39. The van der Waals surface area contributed by atoms with E-state index >= 15 is 0 Å². The number of hydrogen-bond donors (Lipinski definition) is 2. The summed E-state index contributed by atoms with van der Waals surface area (Å²) in [4.78, 5) is 17.4. The smallest absolute Gasteiger partial charge is 0.508 e. The van der Waals surface area contributed by atoms with Crippen LogP contribution < -0.4 is 14.5 Å². The Kier molecular flexibility index (Phi) is 5.42. The zero-order valence-electron chi connectivity index (χ0n) is 16.7. The summed E-state index contributed by atoms with van der Waals surface area (Å²) in [7, 11) is 0. The highest BCUT2D eigenvalue weighted by Gasteiger charge is 2.34. The van der Waals surface area contributed by atoms with Gasteiger partial charge in [-0.25, -0.2) is 0 Å². The van der Waals surface area contributed by atoms with Crippen LogP contribution >= 0.6 is 0 Å². The number of ether oxygens (including phenoxy) is 1. The van der Waals surface area contributed by atoms with Crippen molar-refractivity contribution in [3.8, 4) is 11.5 Å². The van der Waals surface area contributed by atoms with Crippen molar-refractivity contribution in [2.24, 2.45) is 0 Å². The van der Waals surface area contributed by atoms with Crippen molar-refractivity contribution in [2.45, 2.75) is 19.3 Å². The number of aromatic nitrogens is 2. The molecular weight excluding hydrogens is 415 g/mol. The number of piperazine rings is 1. The van der Waals surface area contributed by atoms with E-state index < -0.39 is 12.1 Å². The molecule has 0 bridgehead atoms. The van der Waals surface area contributed by atoms with Crippen molar-refractivity contribution < 1.29 is 27.8 Å². The van der Waals surface area contributed by atoms with Gasteiger partial charge in [0.15, 0.2) is 11.6 Å². The van der Waals surface area contributed by atoms with Gasteiger partial charge in [0, 0.05) is 44.4 Å². The van der Waals surface area contributed by atoms with Crippen LogP contribution in [0.5, 0.6) is 11.5 Å². The third kappa shape index (κ3) is 4.39. The lowest BCUT2D eigenvalue weighted by molar-refractivity contribution is -0.274. The number of aromatic amines is 1. The fourth-order valence-corrected chi connectivity index (χ4v) is 4.01. The summed E-state index contributed by atoms with van der Waals surface area (Å²) < 4.78 is 42.5. The van der Waals surface area contributed by atoms with E-state index in [9.17, 15) is 23.1 Å². The largest absolute Gasteiger partial charge is 0.573 e. The molecule has 31 heavy (non-hydrogen) atoms. The van der Waals surface area contributed by atoms with Gasteiger partial charge < -0.3 is 24.5 Å². The average Bonchev–Trinajstić information content (AvgIpc) is 3.15. The first-order chi connectivity index (χ1) is 14.7. The summed E-state index contributed by atoms with van der Waals surface area (Å²) in [5.41, 5.74) is 2.09. The van der Waals surface area contributed by atoms with Gasteiger partial charge >= 0.3 is 6.36 Å². The predicted molar refractivity (Wildman–Crippen MR) is 107 cm³/mol. The molecule has 1 aromatic carbocycles. The second kappa shape index (κ2) is 8.05. The molecule has 0 atom stereocenters. The van der Waals surface area contributed by atoms with E-state index in [4.69, 9.17) is 0 Å². The maximum absolute atomic E-state index is 12.8. The standard InChI is InChI=1S/C20H22F3N5O3/c1-2-18(30)26-7-9-27(10-8-26)19-14-5-6-28(12-15(14)24-25-19)16-4-3-13(29)11-17(16)31-20(21,22)23/h2-4,11,29H,1,5-10,12H2,(H,24,25). The van der Waals surface area contributed by atoms with Crippen LogP contribution in [0, 0.1) is 0 Å². The molecule has 2 N–H and O–H groups in total. The molecule has 1 aromatic heterocycles. The van der Waals surface area contributed by atoms with Crippen LogP contribution in [0.25, 0.3) is 0 Å². The zero-order valence-corrected chi connectivity index (χ0v) is 16.7. The van der Waals surface area contributed by atoms with E-state index in [-0.39, 0.29) is 17.3 Å². The highest BCUT2D eigenvalue weighted by Crippen LogP contribution is 2.38. The number of anilines is 2. The molecule has 11 heteroatoms.